The maximum Gasteiger partial charge on any atom is 0.240 e. The first-order valence-electron chi connectivity index (χ1n) is 5.08. The standard InChI is InChI=1S/C12H9BrCl2N2O/c1-16-11-8(14)6-9(15)12(17-11)18-10-5-3-2-4-7(10)13/h2-6H,1H3,(H,16,17). The second-order valence-corrected chi connectivity index (χ2v) is 5.06. The summed E-state index contributed by atoms with van der Waals surface area (Å²) in [6.07, 6.45) is 0. The van der Waals surface area contributed by atoms with Crippen LogP contribution in [-0.4, -0.2) is 12.0 Å². The molecule has 1 N–H and O–H groups in total. The van der Waals surface area contributed by atoms with Gasteiger partial charge in [0.2, 0.25) is 5.88 Å². The SMILES string of the molecule is CNc1nc(Oc2ccccc2Br)c(Cl)cc1Cl. The van der Waals surface area contributed by atoms with Gasteiger partial charge >= 0.3 is 0 Å². The number of aromatic nitrogens is 1. The molecule has 0 atom stereocenters. The molecule has 1 heterocycles. The average molecular weight is 348 g/mol. The van der Waals surface area contributed by atoms with Crippen molar-refractivity contribution in [2.75, 3.05) is 12.4 Å². The van der Waals surface area contributed by atoms with Crippen LogP contribution in [0.3, 0.4) is 0 Å². The molecule has 0 radical (unpaired) electrons. The van der Waals surface area contributed by atoms with Crippen molar-refractivity contribution in [1.82, 2.24) is 4.98 Å². The van der Waals surface area contributed by atoms with Crippen LogP contribution in [-0.2, 0) is 0 Å². The van der Waals surface area contributed by atoms with Crippen LogP contribution in [0.2, 0.25) is 10.0 Å². The van der Waals surface area contributed by atoms with E-state index in [0.717, 1.165) is 4.47 Å². The van der Waals surface area contributed by atoms with E-state index in [1.165, 1.54) is 0 Å². The zero-order chi connectivity index (χ0) is 13.1. The number of halogens is 3. The van der Waals surface area contributed by atoms with Crippen LogP contribution in [0.4, 0.5) is 5.82 Å². The van der Waals surface area contributed by atoms with Crippen molar-refractivity contribution in [1.29, 1.82) is 0 Å². The molecule has 2 aromatic rings. The number of anilines is 1. The highest BCUT2D eigenvalue weighted by atomic mass is 79.9. The van der Waals surface area contributed by atoms with Crippen LogP contribution in [0.1, 0.15) is 0 Å². The van der Waals surface area contributed by atoms with E-state index >= 15 is 0 Å². The van der Waals surface area contributed by atoms with Crippen LogP contribution in [0.15, 0.2) is 34.8 Å². The molecule has 0 unspecified atom stereocenters. The lowest BCUT2D eigenvalue weighted by Gasteiger charge is -2.10. The van der Waals surface area contributed by atoms with Gasteiger partial charge in [-0.15, -0.1) is 0 Å². The Labute approximate surface area is 123 Å². The molecular formula is C12H9BrCl2N2O. The predicted molar refractivity (Wildman–Crippen MR) is 78.0 cm³/mol. The second-order valence-electron chi connectivity index (χ2n) is 3.39. The summed E-state index contributed by atoms with van der Waals surface area (Å²) in [5.74, 6) is 1.46. The lowest BCUT2D eigenvalue weighted by molar-refractivity contribution is 0.461. The second kappa shape index (κ2) is 5.78. The Balaban J connectivity index is 2.38. The van der Waals surface area contributed by atoms with Crippen LogP contribution >= 0.6 is 39.1 Å². The minimum atomic E-state index is 0.303. The first-order valence-corrected chi connectivity index (χ1v) is 6.63. The first-order chi connectivity index (χ1) is 8.61. The molecular weight excluding hydrogens is 339 g/mol. The van der Waals surface area contributed by atoms with Gasteiger partial charge in [0.25, 0.3) is 0 Å². The Morgan fingerprint density at radius 2 is 1.94 bits per heavy atom. The largest absolute Gasteiger partial charge is 0.436 e. The molecule has 0 saturated heterocycles. The topological polar surface area (TPSA) is 34.2 Å². The van der Waals surface area contributed by atoms with Crippen molar-refractivity contribution < 1.29 is 4.74 Å². The van der Waals surface area contributed by atoms with Gasteiger partial charge in [-0.1, -0.05) is 35.3 Å². The Bertz CT molecular complexity index is 578. The zero-order valence-corrected chi connectivity index (χ0v) is 12.5. The maximum absolute atomic E-state index is 6.05. The average Bonchev–Trinajstić information content (AvgIpc) is 2.35. The summed E-state index contributed by atoms with van der Waals surface area (Å²) in [4.78, 5) is 4.21. The summed E-state index contributed by atoms with van der Waals surface area (Å²) >= 11 is 15.4. The van der Waals surface area contributed by atoms with E-state index in [4.69, 9.17) is 27.9 Å². The molecule has 0 fully saturated rings. The number of ether oxygens (including phenoxy) is 1. The van der Waals surface area contributed by atoms with Crippen LogP contribution in [0.25, 0.3) is 0 Å². The molecule has 94 valence electrons. The molecule has 1 aromatic carbocycles. The smallest absolute Gasteiger partial charge is 0.240 e. The molecule has 6 heteroatoms. The van der Waals surface area contributed by atoms with Crippen molar-refractivity contribution in [3.63, 3.8) is 0 Å². The fourth-order valence-electron chi connectivity index (χ4n) is 1.33. The van der Waals surface area contributed by atoms with Gasteiger partial charge in [-0.25, -0.2) is 0 Å². The van der Waals surface area contributed by atoms with E-state index < -0.39 is 0 Å². The summed E-state index contributed by atoms with van der Waals surface area (Å²) in [6.45, 7) is 0. The molecule has 0 aliphatic heterocycles. The molecule has 0 aliphatic carbocycles. The van der Waals surface area contributed by atoms with E-state index in [9.17, 15) is 0 Å². The molecule has 0 aliphatic rings. The van der Waals surface area contributed by atoms with Gasteiger partial charge in [0, 0.05) is 7.05 Å². The quantitative estimate of drug-likeness (QED) is 0.849. The van der Waals surface area contributed by atoms with Gasteiger partial charge in [-0.3, -0.25) is 0 Å². The van der Waals surface area contributed by atoms with Crippen molar-refractivity contribution >= 4 is 44.9 Å². The van der Waals surface area contributed by atoms with Gasteiger partial charge in [0.1, 0.15) is 16.6 Å². The highest BCUT2D eigenvalue weighted by Crippen LogP contribution is 2.35. The maximum atomic E-state index is 6.05. The van der Waals surface area contributed by atoms with Crippen LogP contribution in [0.5, 0.6) is 11.6 Å². The molecule has 0 bridgehead atoms. The van der Waals surface area contributed by atoms with Gasteiger partial charge in [-0.05, 0) is 34.1 Å². The third-order valence-corrected chi connectivity index (χ3v) is 3.39. The Kier molecular flexibility index (Phi) is 4.32. The zero-order valence-electron chi connectivity index (χ0n) is 9.38. The Morgan fingerprint density at radius 1 is 1.22 bits per heavy atom. The number of para-hydroxylation sites is 1. The number of hydrogen-bond acceptors (Lipinski definition) is 3. The van der Waals surface area contributed by atoms with E-state index in [2.05, 4.69) is 26.2 Å². The molecule has 3 nitrogen and oxygen atoms in total. The number of nitrogens with one attached hydrogen (secondary N) is 1. The minimum Gasteiger partial charge on any atom is -0.436 e. The number of pyridine rings is 1. The summed E-state index contributed by atoms with van der Waals surface area (Å²) in [7, 11) is 1.73. The van der Waals surface area contributed by atoms with Crippen molar-refractivity contribution in [3.8, 4) is 11.6 Å². The normalized spacial score (nSPS) is 10.2. The number of hydrogen-bond donors (Lipinski definition) is 1. The van der Waals surface area contributed by atoms with Crippen molar-refractivity contribution in [3.05, 3.63) is 44.8 Å². The lowest BCUT2D eigenvalue weighted by atomic mass is 10.3. The molecule has 0 spiro atoms. The predicted octanol–water partition coefficient (Wildman–Crippen LogP) is 4.98. The van der Waals surface area contributed by atoms with Gasteiger partial charge in [-0.2, -0.15) is 4.98 Å². The highest BCUT2D eigenvalue weighted by Gasteiger charge is 2.11. The van der Waals surface area contributed by atoms with Crippen LogP contribution in [0, 0.1) is 0 Å². The van der Waals surface area contributed by atoms with Crippen LogP contribution < -0.4 is 10.1 Å². The molecule has 0 amide bonds. The van der Waals surface area contributed by atoms with Gasteiger partial charge < -0.3 is 10.1 Å². The lowest BCUT2D eigenvalue weighted by Crippen LogP contribution is -1.97. The van der Waals surface area contributed by atoms with E-state index in [-0.39, 0.29) is 0 Å². The number of nitrogens with zero attached hydrogens (tertiary/aromatic N) is 1. The van der Waals surface area contributed by atoms with Gasteiger partial charge in [0.05, 0.1) is 9.50 Å². The summed E-state index contributed by atoms with van der Waals surface area (Å²) in [5, 5.41) is 3.67. The highest BCUT2D eigenvalue weighted by molar-refractivity contribution is 9.10. The van der Waals surface area contributed by atoms with Crippen molar-refractivity contribution in [2.24, 2.45) is 0 Å². The number of rotatable bonds is 3. The van der Waals surface area contributed by atoms with E-state index in [1.807, 2.05) is 24.3 Å². The molecule has 0 saturated carbocycles. The van der Waals surface area contributed by atoms with Gasteiger partial charge in [0.15, 0.2) is 0 Å². The first kappa shape index (κ1) is 13.5. The Hall–Kier alpha value is -0.970. The Morgan fingerprint density at radius 3 is 2.61 bits per heavy atom. The van der Waals surface area contributed by atoms with E-state index in [1.54, 1.807) is 13.1 Å². The molecule has 2 rings (SSSR count). The molecule has 18 heavy (non-hydrogen) atoms. The minimum absolute atomic E-state index is 0.303. The number of benzene rings is 1. The van der Waals surface area contributed by atoms with E-state index in [0.29, 0.717) is 27.5 Å². The van der Waals surface area contributed by atoms with Crippen molar-refractivity contribution in [2.45, 2.75) is 0 Å². The summed E-state index contributed by atoms with van der Waals surface area (Å²) in [6, 6.07) is 9.04. The third-order valence-electron chi connectivity index (χ3n) is 2.18. The third kappa shape index (κ3) is 2.88. The monoisotopic (exact) mass is 346 g/mol. The molecule has 1 aromatic heterocycles. The summed E-state index contributed by atoms with van der Waals surface area (Å²) in [5.41, 5.74) is 0. The fourth-order valence-corrected chi connectivity index (χ4v) is 2.19. The fraction of sp³-hybridized carbons (Fsp3) is 0.0833. The summed E-state index contributed by atoms with van der Waals surface area (Å²) < 4.78 is 6.47.